The Labute approximate surface area is 77.3 Å². The number of carbonyl (C=O) groups is 1. The molecule has 0 spiro atoms. The maximum Gasteiger partial charge on any atom is 0.238 e. The molecule has 3 atom stereocenters. The zero-order chi connectivity index (χ0) is 9.26. The molecular formula is C9H14N2O2. The van der Waals surface area contributed by atoms with Crippen molar-refractivity contribution in [2.24, 2.45) is 0 Å². The van der Waals surface area contributed by atoms with Crippen LogP contribution in [-0.2, 0) is 9.53 Å². The molecule has 13 heavy (non-hydrogen) atoms. The van der Waals surface area contributed by atoms with Crippen LogP contribution in [0, 0.1) is 0 Å². The largest absolute Gasteiger partial charge is 0.495 e. The summed E-state index contributed by atoms with van der Waals surface area (Å²) in [6.45, 7) is 1.86. The molecule has 3 unspecified atom stereocenters. The first-order valence-corrected chi connectivity index (χ1v) is 4.64. The van der Waals surface area contributed by atoms with Crippen molar-refractivity contribution < 1.29 is 9.53 Å². The molecule has 4 heteroatoms. The zero-order valence-corrected chi connectivity index (χ0v) is 7.62. The highest BCUT2D eigenvalue weighted by Crippen LogP contribution is 2.15. The van der Waals surface area contributed by atoms with Crippen LogP contribution in [0.1, 0.15) is 19.8 Å². The quantitative estimate of drug-likeness (QED) is 0.605. The lowest BCUT2D eigenvalue weighted by Crippen LogP contribution is -2.45. The molecule has 0 saturated carbocycles. The summed E-state index contributed by atoms with van der Waals surface area (Å²) < 4.78 is 5.40. The fourth-order valence-electron chi connectivity index (χ4n) is 1.66. The second-order valence-corrected chi connectivity index (χ2v) is 3.50. The average molecular weight is 182 g/mol. The molecule has 2 N–H and O–H groups in total. The van der Waals surface area contributed by atoms with Crippen molar-refractivity contribution in [1.82, 2.24) is 10.6 Å². The third-order valence-electron chi connectivity index (χ3n) is 2.46. The number of rotatable bonds is 1. The minimum atomic E-state index is -0.0977. The van der Waals surface area contributed by atoms with Gasteiger partial charge in [-0.2, -0.15) is 0 Å². The van der Waals surface area contributed by atoms with Crippen molar-refractivity contribution in [3.05, 3.63) is 12.3 Å². The molecule has 1 saturated heterocycles. The first-order chi connectivity index (χ1) is 6.27. The maximum atomic E-state index is 11.2. The normalized spacial score (nSPS) is 38.5. The van der Waals surface area contributed by atoms with Gasteiger partial charge < -0.3 is 10.1 Å². The van der Waals surface area contributed by atoms with Gasteiger partial charge >= 0.3 is 0 Å². The van der Waals surface area contributed by atoms with E-state index in [4.69, 9.17) is 4.74 Å². The van der Waals surface area contributed by atoms with Gasteiger partial charge in [-0.05, 0) is 25.8 Å². The van der Waals surface area contributed by atoms with Crippen molar-refractivity contribution >= 4 is 5.91 Å². The van der Waals surface area contributed by atoms with E-state index in [1.54, 1.807) is 6.26 Å². The summed E-state index contributed by atoms with van der Waals surface area (Å²) in [6, 6.07) is -0.0977. The molecule has 0 aromatic rings. The Morgan fingerprint density at radius 2 is 2.46 bits per heavy atom. The molecule has 4 nitrogen and oxygen atoms in total. The first-order valence-electron chi connectivity index (χ1n) is 4.64. The van der Waals surface area contributed by atoms with E-state index in [1.807, 2.05) is 13.0 Å². The van der Waals surface area contributed by atoms with Gasteiger partial charge in [0, 0.05) is 0 Å². The van der Waals surface area contributed by atoms with Crippen LogP contribution in [0.4, 0.5) is 0 Å². The number of hydrogen-bond donors (Lipinski definition) is 2. The summed E-state index contributed by atoms with van der Waals surface area (Å²) >= 11 is 0. The van der Waals surface area contributed by atoms with E-state index in [-0.39, 0.29) is 24.2 Å². The third kappa shape index (κ3) is 1.67. The summed E-state index contributed by atoms with van der Waals surface area (Å²) in [7, 11) is 0. The Bertz CT molecular complexity index is 240. The first kappa shape index (κ1) is 8.56. The van der Waals surface area contributed by atoms with Crippen LogP contribution in [0.15, 0.2) is 12.3 Å². The summed E-state index contributed by atoms with van der Waals surface area (Å²) in [6.07, 6.45) is 5.75. The topological polar surface area (TPSA) is 50.4 Å². The number of nitrogens with one attached hydrogen (secondary N) is 2. The van der Waals surface area contributed by atoms with E-state index in [0.29, 0.717) is 0 Å². The third-order valence-corrected chi connectivity index (χ3v) is 2.46. The van der Waals surface area contributed by atoms with Crippen LogP contribution in [0.5, 0.6) is 0 Å². The van der Waals surface area contributed by atoms with Crippen LogP contribution in [0.3, 0.4) is 0 Å². The van der Waals surface area contributed by atoms with E-state index in [9.17, 15) is 4.79 Å². The molecule has 2 aliphatic rings. The summed E-state index contributed by atoms with van der Waals surface area (Å²) in [5.41, 5.74) is 0. The van der Waals surface area contributed by atoms with Crippen molar-refractivity contribution in [2.75, 3.05) is 0 Å². The van der Waals surface area contributed by atoms with Gasteiger partial charge in [-0.1, -0.05) is 0 Å². The van der Waals surface area contributed by atoms with Crippen molar-refractivity contribution in [3.63, 3.8) is 0 Å². The van der Waals surface area contributed by atoms with E-state index < -0.39 is 0 Å². The van der Waals surface area contributed by atoms with Gasteiger partial charge in [0.2, 0.25) is 5.91 Å². The molecule has 2 aliphatic heterocycles. The van der Waals surface area contributed by atoms with Crippen LogP contribution in [0.2, 0.25) is 0 Å². The van der Waals surface area contributed by atoms with E-state index in [1.165, 1.54) is 0 Å². The fraction of sp³-hybridized carbons (Fsp3) is 0.667. The second-order valence-electron chi connectivity index (χ2n) is 3.50. The van der Waals surface area contributed by atoms with Crippen LogP contribution in [0.25, 0.3) is 0 Å². The number of amides is 1. The Balaban J connectivity index is 1.95. The summed E-state index contributed by atoms with van der Waals surface area (Å²) in [4.78, 5) is 11.2. The summed E-state index contributed by atoms with van der Waals surface area (Å²) in [5.74, 6) is 0.0585. The maximum absolute atomic E-state index is 11.2. The Hall–Kier alpha value is -1.03. The Morgan fingerprint density at radius 1 is 1.62 bits per heavy atom. The standard InChI is InChI=1S/C9H14N2O2/c1-6-9(12)11-8(10-6)7-4-2-3-5-13-7/h3,5-8,10H,2,4H2,1H3,(H,11,12). The van der Waals surface area contributed by atoms with Crippen LogP contribution >= 0.6 is 0 Å². The minimum absolute atomic E-state index is 0.0209. The molecular weight excluding hydrogens is 168 g/mol. The number of ether oxygens (including phenoxy) is 1. The summed E-state index contributed by atoms with van der Waals surface area (Å²) in [5, 5.41) is 6.02. The number of hydrogen-bond acceptors (Lipinski definition) is 3. The molecule has 72 valence electrons. The predicted molar refractivity (Wildman–Crippen MR) is 47.8 cm³/mol. The molecule has 2 heterocycles. The lowest BCUT2D eigenvalue weighted by Gasteiger charge is -2.25. The zero-order valence-electron chi connectivity index (χ0n) is 7.62. The van der Waals surface area contributed by atoms with E-state index >= 15 is 0 Å². The van der Waals surface area contributed by atoms with Gasteiger partial charge in [-0.25, -0.2) is 0 Å². The highest BCUT2D eigenvalue weighted by molar-refractivity contribution is 5.83. The lowest BCUT2D eigenvalue weighted by molar-refractivity contribution is -0.120. The molecule has 1 fully saturated rings. The number of allylic oxidation sites excluding steroid dienone is 1. The van der Waals surface area contributed by atoms with Gasteiger partial charge in [0.05, 0.1) is 12.3 Å². The van der Waals surface area contributed by atoms with Crippen molar-refractivity contribution in [3.8, 4) is 0 Å². The average Bonchev–Trinajstić information content (AvgIpc) is 2.49. The smallest absolute Gasteiger partial charge is 0.238 e. The monoisotopic (exact) mass is 182 g/mol. The minimum Gasteiger partial charge on any atom is -0.495 e. The molecule has 0 bridgehead atoms. The van der Waals surface area contributed by atoms with E-state index in [0.717, 1.165) is 12.8 Å². The molecule has 0 aromatic carbocycles. The molecule has 0 radical (unpaired) electrons. The predicted octanol–water partition coefficient (Wildman–Crippen LogP) is 0.113. The Morgan fingerprint density at radius 3 is 3.00 bits per heavy atom. The SMILES string of the molecule is CC1NC(C2CCC=CO2)NC1=O. The molecule has 2 rings (SSSR count). The van der Waals surface area contributed by atoms with Gasteiger partial charge in [-0.15, -0.1) is 0 Å². The molecule has 0 aromatic heterocycles. The van der Waals surface area contributed by atoms with Gasteiger partial charge in [0.1, 0.15) is 12.3 Å². The van der Waals surface area contributed by atoms with Crippen LogP contribution < -0.4 is 10.6 Å². The van der Waals surface area contributed by atoms with Crippen molar-refractivity contribution in [1.29, 1.82) is 0 Å². The highest BCUT2D eigenvalue weighted by atomic mass is 16.5. The second kappa shape index (κ2) is 3.38. The van der Waals surface area contributed by atoms with Gasteiger partial charge in [0.15, 0.2) is 0 Å². The van der Waals surface area contributed by atoms with Gasteiger partial charge in [-0.3, -0.25) is 10.1 Å². The number of carbonyl (C=O) groups excluding carboxylic acids is 1. The van der Waals surface area contributed by atoms with Gasteiger partial charge in [0.25, 0.3) is 0 Å². The van der Waals surface area contributed by atoms with E-state index in [2.05, 4.69) is 10.6 Å². The highest BCUT2D eigenvalue weighted by Gasteiger charge is 2.33. The fourth-order valence-corrected chi connectivity index (χ4v) is 1.66. The van der Waals surface area contributed by atoms with Crippen molar-refractivity contribution in [2.45, 2.75) is 38.1 Å². The Kier molecular flexibility index (Phi) is 2.22. The molecule has 0 aliphatic carbocycles. The molecule has 1 amide bonds. The lowest BCUT2D eigenvalue weighted by atomic mass is 10.1. The van der Waals surface area contributed by atoms with Crippen LogP contribution in [-0.4, -0.2) is 24.2 Å².